The number of nitrogens with two attached hydrogens (primary N) is 2. The number of nitrogens with zero attached hydrogens (tertiary/aromatic N) is 3. The van der Waals surface area contributed by atoms with Gasteiger partial charge in [0, 0.05) is 19.6 Å². The molecule has 0 fully saturated rings. The lowest BCUT2D eigenvalue weighted by molar-refractivity contribution is 0.402. The summed E-state index contributed by atoms with van der Waals surface area (Å²) in [5, 5.41) is 0. The largest absolute Gasteiger partial charge is 0.391 e. The number of hydrogen-bond acceptors (Lipinski definition) is 6. The standard InChI is InChI=1S/C18H27N5O2.CH4S/c1-4-10-23-17(24)15(19)16(20)22(18(23)25)11-9-13-5-7-14(8-6-13)12-21(2)3;1-2/h5-8H,4,9-12,19-20H2,1-3H3;2H,1H3. The van der Waals surface area contributed by atoms with E-state index in [2.05, 4.69) is 29.7 Å². The molecule has 2 rings (SSSR count). The Morgan fingerprint density at radius 3 is 2.04 bits per heavy atom. The molecule has 1 aromatic carbocycles. The van der Waals surface area contributed by atoms with E-state index in [-0.39, 0.29) is 11.5 Å². The fraction of sp³-hybridized carbons (Fsp3) is 0.474. The van der Waals surface area contributed by atoms with Gasteiger partial charge in [-0.25, -0.2) is 4.79 Å². The summed E-state index contributed by atoms with van der Waals surface area (Å²) in [7, 11) is 4.05. The van der Waals surface area contributed by atoms with Crippen molar-refractivity contribution in [1.82, 2.24) is 14.0 Å². The molecule has 0 radical (unpaired) electrons. The highest BCUT2D eigenvalue weighted by atomic mass is 32.1. The first-order valence-electron chi connectivity index (χ1n) is 8.91. The van der Waals surface area contributed by atoms with Gasteiger partial charge in [0.25, 0.3) is 5.56 Å². The predicted octanol–water partition coefficient (Wildman–Crippen LogP) is 1.43. The van der Waals surface area contributed by atoms with E-state index in [0.29, 0.717) is 25.9 Å². The van der Waals surface area contributed by atoms with Crippen LogP contribution in [0.2, 0.25) is 0 Å². The summed E-state index contributed by atoms with van der Waals surface area (Å²) in [6, 6.07) is 8.25. The van der Waals surface area contributed by atoms with E-state index < -0.39 is 11.2 Å². The molecule has 4 N–H and O–H groups in total. The third-order valence-electron chi connectivity index (χ3n) is 4.10. The first kappa shape index (κ1) is 22.9. The van der Waals surface area contributed by atoms with Gasteiger partial charge < -0.3 is 16.4 Å². The van der Waals surface area contributed by atoms with E-state index in [9.17, 15) is 9.59 Å². The number of benzene rings is 1. The van der Waals surface area contributed by atoms with Crippen LogP contribution in [0, 0.1) is 0 Å². The van der Waals surface area contributed by atoms with Crippen LogP contribution in [0.5, 0.6) is 0 Å². The lowest BCUT2D eigenvalue weighted by atomic mass is 10.1. The Kier molecular flexibility index (Phi) is 9.17. The number of aromatic nitrogens is 2. The van der Waals surface area contributed by atoms with E-state index in [1.54, 1.807) is 6.26 Å². The van der Waals surface area contributed by atoms with E-state index in [1.807, 2.05) is 33.2 Å². The number of aryl methyl sites for hydroxylation is 1. The van der Waals surface area contributed by atoms with Crippen molar-refractivity contribution in [3.63, 3.8) is 0 Å². The molecule has 0 saturated carbocycles. The Morgan fingerprint density at radius 2 is 1.52 bits per heavy atom. The quantitative estimate of drug-likeness (QED) is 0.618. The number of rotatable bonds is 7. The van der Waals surface area contributed by atoms with Crippen molar-refractivity contribution in [1.29, 1.82) is 0 Å². The van der Waals surface area contributed by atoms with E-state index in [1.165, 1.54) is 10.1 Å². The molecular weight excluding hydrogens is 362 g/mol. The Bertz CT molecular complexity index is 841. The van der Waals surface area contributed by atoms with Crippen LogP contribution in [0.15, 0.2) is 33.9 Å². The van der Waals surface area contributed by atoms with Gasteiger partial charge in [0.2, 0.25) is 0 Å². The molecule has 0 amide bonds. The monoisotopic (exact) mass is 393 g/mol. The minimum Gasteiger partial charge on any atom is -0.391 e. The van der Waals surface area contributed by atoms with Gasteiger partial charge in [0.05, 0.1) is 0 Å². The number of nitrogen functional groups attached to an aromatic ring is 2. The second-order valence-corrected chi connectivity index (χ2v) is 6.49. The van der Waals surface area contributed by atoms with Crippen LogP contribution in [0.25, 0.3) is 0 Å². The molecule has 1 heterocycles. The van der Waals surface area contributed by atoms with E-state index >= 15 is 0 Å². The summed E-state index contributed by atoms with van der Waals surface area (Å²) in [6.07, 6.45) is 3.00. The number of anilines is 2. The average Bonchev–Trinajstić information content (AvgIpc) is 2.66. The third kappa shape index (κ3) is 5.90. The van der Waals surface area contributed by atoms with Crippen LogP contribution < -0.4 is 22.7 Å². The van der Waals surface area contributed by atoms with Gasteiger partial charge >= 0.3 is 5.69 Å². The van der Waals surface area contributed by atoms with E-state index in [0.717, 1.165) is 16.7 Å². The van der Waals surface area contributed by atoms with Crippen molar-refractivity contribution in [3.8, 4) is 0 Å². The van der Waals surface area contributed by atoms with Crippen LogP contribution in [-0.4, -0.2) is 34.4 Å². The molecule has 0 saturated heterocycles. The zero-order chi connectivity index (χ0) is 20.6. The van der Waals surface area contributed by atoms with Crippen LogP contribution in [-0.2, 0) is 26.1 Å². The van der Waals surface area contributed by atoms with Crippen molar-refractivity contribution in [2.45, 2.75) is 39.4 Å². The third-order valence-corrected chi connectivity index (χ3v) is 4.10. The molecule has 0 aliphatic rings. The minimum atomic E-state index is -0.506. The van der Waals surface area contributed by atoms with Gasteiger partial charge in [0.1, 0.15) is 11.5 Å². The zero-order valence-corrected chi connectivity index (χ0v) is 17.5. The molecule has 1 aromatic heterocycles. The molecule has 0 aliphatic carbocycles. The first-order valence-corrected chi connectivity index (χ1v) is 9.80. The Labute approximate surface area is 166 Å². The van der Waals surface area contributed by atoms with Crippen molar-refractivity contribution >= 4 is 24.1 Å². The van der Waals surface area contributed by atoms with Crippen molar-refractivity contribution in [3.05, 3.63) is 56.2 Å². The molecule has 0 atom stereocenters. The summed E-state index contributed by atoms with van der Waals surface area (Å²) in [6.45, 7) is 3.50. The average molecular weight is 394 g/mol. The van der Waals surface area contributed by atoms with Gasteiger partial charge in [-0.2, -0.15) is 12.6 Å². The summed E-state index contributed by atoms with van der Waals surface area (Å²) in [4.78, 5) is 26.7. The second-order valence-electron chi connectivity index (χ2n) is 6.49. The molecule has 2 aromatic rings. The smallest absolute Gasteiger partial charge is 0.332 e. The van der Waals surface area contributed by atoms with Gasteiger partial charge in [0.15, 0.2) is 0 Å². The van der Waals surface area contributed by atoms with Crippen molar-refractivity contribution in [2.24, 2.45) is 0 Å². The van der Waals surface area contributed by atoms with Gasteiger partial charge in [-0.1, -0.05) is 31.2 Å². The topological polar surface area (TPSA) is 99.3 Å². The summed E-state index contributed by atoms with van der Waals surface area (Å²) in [5.41, 5.74) is 13.1. The van der Waals surface area contributed by atoms with E-state index in [4.69, 9.17) is 11.5 Å². The summed E-state index contributed by atoms with van der Waals surface area (Å²) >= 11 is 3.53. The van der Waals surface area contributed by atoms with Gasteiger partial charge in [-0.15, -0.1) is 0 Å². The maximum Gasteiger partial charge on any atom is 0.332 e. The van der Waals surface area contributed by atoms with Crippen LogP contribution >= 0.6 is 12.6 Å². The molecule has 0 spiro atoms. The predicted molar refractivity (Wildman–Crippen MR) is 117 cm³/mol. The fourth-order valence-corrected chi connectivity index (χ4v) is 2.79. The highest BCUT2D eigenvalue weighted by Gasteiger charge is 2.14. The second kappa shape index (κ2) is 10.8. The molecule has 0 aliphatic heterocycles. The molecule has 150 valence electrons. The number of thiol groups is 1. The molecule has 0 bridgehead atoms. The lowest BCUT2D eigenvalue weighted by Crippen LogP contribution is -2.42. The first-order chi connectivity index (χ1) is 12.8. The molecule has 8 heteroatoms. The Hall–Kier alpha value is -2.19. The summed E-state index contributed by atoms with van der Waals surface area (Å²) in [5.74, 6) is 0.0478. The molecule has 7 nitrogen and oxygen atoms in total. The van der Waals surface area contributed by atoms with Crippen molar-refractivity contribution < 1.29 is 0 Å². The maximum atomic E-state index is 12.5. The normalized spacial score (nSPS) is 10.6. The number of hydrogen-bond donors (Lipinski definition) is 3. The van der Waals surface area contributed by atoms with Crippen molar-refractivity contribution in [2.75, 3.05) is 31.8 Å². The molecule has 0 unspecified atom stereocenters. The minimum absolute atomic E-state index is 0.0478. The highest BCUT2D eigenvalue weighted by molar-refractivity contribution is 7.79. The Morgan fingerprint density at radius 1 is 0.963 bits per heavy atom. The van der Waals surface area contributed by atoms with Crippen LogP contribution in [0.3, 0.4) is 0 Å². The molecular formula is C19H31N5O2S. The van der Waals surface area contributed by atoms with Crippen LogP contribution in [0.4, 0.5) is 11.5 Å². The lowest BCUT2D eigenvalue weighted by Gasteiger charge is -2.15. The van der Waals surface area contributed by atoms with Gasteiger partial charge in [-0.05, 0) is 44.3 Å². The molecule has 27 heavy (non-hydrogen) atoms. The summed E-state index contributed by atoms with van der Waals surface area (Å²) < 4.78 is 2.55. The maximum absolute atomic E-state index is 12.5. The highest BCUT2D eigenvalue weighted by Crippen LogP contribution is 2.10. The Balaban J connectivity index is 0.00000176. The zero-order valence-electron chi connectivity index (χ0n) is 16.6. The van der Waals surface area contributed by atoms with Gasteiger partial charge in [-0.3, -0.25) is 13.9 Å². The fourth-order valence-electron chi connectivity index (χ4n) is 2.79. The SMILES string of the molecule is CCCn1c(=O)c(N)c(N)n(CCc2ccc(CN(C)C)cc2)c1=O.CS. The van der Waals surface area contributed by atoms with Crippen LogP contribution in [0.1, 0.15) is 24.5 Å².